The number of esters is 1. The molecule has 0 fully saturated rings. The van der Waals surface area contributed by atoms with E-state index in [4.69, 9.17) is 32.2 Å². The standard InChI is InChI=1S/C16H32O8Si/c1-14(2)16(17)24-15(3)13-25(21-10-7-18-4,22-11-8-19-5)23-12-9-20-6/h15H,1,7-13H2,2-6H3. The molecular weight excluding hydrogens is 348 g/mol. The number of hydrogen-bond donors (Lipinski definition) is 0. The zero-order valence-corrected chi connectivity index (χ0v) is 17.0. The van der Waals surface area contributed by atoms with E-state index in [9.17, 15) is 4.79 Å². The minimum Gasteiger partial charge on any atom is -0.459 e. The SMILES string of the molecule is C=C(C)C(=O)OC(C)C[Si](OCCOC)(OCCOC)OCCOC. The van der Waals surface area contributed by atoms with Gasteiger partial charge in [0, 0.05) is 26.9 Å². The molecule has 0 aromatic carbocycles. The van der Waals surface area contributed by atoms with Gasteiger partial charge in [-0.15, -0.1) is 0 Å². The van der Waals surface area contributed by atoms with Gasteiger partial charge in [0.2, 0.25) is 0 Å². The quantitative estimate of drug-likeness (QED) is 0.172. The maximum atomic E-state index is 11.7. The number of ether oxygens (including phenoxy) is 4. The van der Waals surface area contributed by atoms with Gasteiger partial charge in [0.15, 0.2) is 0 Å². The molecule has 148 valence electrons. The normalized spacial score (nSPS) is 12.8. The van der Waals surface area contributed by atoms with Crippen molar-refractivity contribution in [3.8, 4) is 0 Å². The average Bonchev–Trinajstić information content (AvgIpc) is 2.55. The van der Waals surface area contributed by atoms with Crippen LogP contribution in [0.1, 0.15) is 13.8 Å². The van der Waals surface area contributed by atoms with Gasteiger partial charge >= 0.3 is 14.8 Å². The fraction of sp³-hybridized carbons (Fsp3) is 0.812. The van der Waals surface area contributed by atoms with E-state index < -0.39 is 20.9 Å². The summed E-state index contributed by atoms with van der Waals surface area (Å²) in [6.45, 7) is 9.07. The van der Waals surface area contributed by atoms with Gasteiger partial charge in [0.05, 0.1) is 45.7 Å². The van der Waals surface area contributed by atoms with Gasteiger partial charge in [0.25, 0.3) is 0 Å². The summed E-state index contributed by atoms with van der Waals surface area (Å²) < 4.78 is 38.2. The van der Waals surface area contributed by atoms with E-state index >= 15 is 0 Å². The van der Waals surface area contributed by atoms with E-state index in [1.165, 1.54) is 0 Å². The highest BCUT2D eigenvalue weighted by Crippen LogP contribution is 2.20. The summed E-state index contributed by atoms with van der Waals surface area (Å²) in [5, 5.41) is 0. The lowest BCUT2D eigenvalue weighted by Gasteiger charge is -2.31. The topological polar surface area (TPSA) is 81.7 Å². The van der Waals surface area contributed by atoms with Gasteiger partial charge in [0.1, 0.15) is 6.10 Å². The first-order valence-corrected chi connectivity index (χ1v) is 10.1. The Hall–Kier alpha value is -0.813. The average molecular weight is 381 g/mol. The molecule has 0 saturated carbocycles. The fourth-order valence-electron chi connectivity index (χ4n) is 1.82. The summed E-state index contributed by atoms with van der Waals surface area (Å²) in [5.74, 6) is -0.457. The minimum atomic E-state index is -3.12. The summed E-state index contributed by atoms with van der Waals surface area (Å²) in [5.41, 5.74) is 0.333. The molecule has 0 rings (SSSR count). The summed E-state index contributed by atoms with van der Waals surface area (Å²) in [6, 6.07) is 0.309. The Morgan fingerprint density at radius 2 is 1.28 bits per heavy atom. The van der Waals surface area contributed by atoms with Gasteiger partial charge in [-0.3, -0.25) is 0 Å². The van der Waals surface area contributed by atoms with Crippen LogP contribution in [0.15, 0.2) is 12.2 Å². The zero-order valence-electron chi connectivity index (χ0n) is 16.0. The molecule has 0 bridgehead atoms. The molecule has 0 aliphatic rings. The third-order valence-electron chi connectivity index (χ3n) is 3.02. The highest BCUT2D eigenvalue weighted by Gasteiger charge is 2.44. The molecule has 0 heterocycles. The Morgan fingerprint density at radius 3 is 1.60 bits per heavy atom. The Morgan fingerprint density at radius 1 is 0.880 bits per heavy atom. The van der Waals surface area contributed by atoms with Crippen LogP contribution in [-0.4, -0.2) is 81.8 Å². The summed E-state index contributed by atoms with van der Waals surface area (Å²) in [6.07, 6.45) is -0.455. The maximum Gasteiger partial charge on any atom is 0.504 e. The van der Waals surface area contributed by atoms with Crippen molar-refractivity contribution in [3.63, 3.8) is 0 Å². The zero-order chi connectivity index (χ0) is 19.1. The second kappa shape index (κ2) is 14.4. The molecule has 0 aromatic heterocycles. The lowest BCUT2D eigenvalue weighted by atomic mass is 10.3. The lowest BCUT2D eigenvalue weighted by molar-refractivity contribution is -0.143. The fourth-order valence-corrected chi connectivity index (χ4v) is 4.39. The van der Waals surface area contributed by atoms with Crippen molar-refractivity contribution in [1.82, 2.24) is 0 Å². The Bertz CT molecular complexity index is 351. The Kier molecular flexibility index (Phi) is 13.9. The predicted octanol–water partition coefficient (Wildman–Crippen LogP) is 1.42. The van der Waals surface area contributed by atoms with Gasteiger partial charge in [-0.2, -0.15) is 0 Å². The monoisotopic (exact) mass is 380 g/mol. The summed E-state index contributed by atoms with van der Waals surface area (Å²) in [7, 11) is 1.64. The van der Waals surface area contributed by atoms with Crippen LogP contribution in [0.5, 0.6) is 0 Å². The molecule has 8 nitrogen and oxygen atoms in total. The Balaban J connectivity index is 5.01. The minimum absolute atomic E-state index is 0.309. The van der Waals surface area contributed by atoms with E-state index in [1.54, 1.807) is 35.2 Å². The first-order chi connectivity index (χ1) is 11.9. The van der Waals surface area contributed by atoms with Crippen molar-refractivity contribution in [2.75, 3.05) is 61.0 Å². The molecule has 0 aromatic rings. The molecule has 1 atom stereocenters. The smallest absolute Gasteiger partial charge is 0.459 e. The van der Waals surface area contributed by atoms with Crippen molar-refractivity contribution >= 4 is 14.8 Å². The van der Waals surface area contributed by atoms with Crippen LogP contribution in [0.3, 0.4) is 0 Å². The molecule has 0 saturated heterocycles. The number of carbonyl (C=O) groups is 1. The van der Waals surface area contributed by atoms with Crippen LogP contribution in [-0.2, 0) is 37.0 Å². The molecule has 9 heteroatoms. The van der Waals surface area contributed by atoms with E-state index in [1.807, 2.05) is 0 Å². The first-order valence-electron chi connectivity index (χ1n) is 8.16. The number of rotatable bonds is 16. The van der Waals surface area contributed by atoms with Crippen molar-refractivity contribution in [1.29, 1.82) is 0 Å². The first kappa shape index (κ1) is 24.2. The van der Waals surface area contributed by atoms with Crippen molar-refractivity contribution in [2.45, 2.75) is 26.0 Å². The second-order valence-electron chi connectivity index (χ2n) is 5.41. The second-order valence-corrected chi connectivity index (χ2v) is 8.05. The van der Waals surface area contributed by atoms with Crippen molar-refractivity contribution in [2.24, 2.45) is 0 Å². The highest BCUT2D eigenvalue weighted by molar-refractivity contribution is 6.60. The van der Waals surface area contributed by atoms with Crippen molar-refractivity contribution in [3.05, 3.63) is 12.2 Å². The third-order valence-corrected chi connectivity index (χ3v) is 6.03. The number of carbonyl (C=O) groups excluding carboxylic acids is 1. The van der Waals surface area contributed by atoms with Crippen LogP contribution in [0.25, 0.3) is 0 Å². The third kappa shape index (κ3) is 11.4. The van der Waals surface area contributed by atoms with Gasteiger partial charge in [-0.1, -0.05) is 6.58 Å². The van der Waals surface area contributed by atoms with Gasteiger partial charge in [-0.25, -0.2) is 4.79 Å². The number of methoxy groups -OCH3 is 3. The molecule has 0 aliphatic heterocycles. The molecule has 0 N–H and O–H groups in total. The highest BCUT2D eigenvalue weighted by atomic mass is 28.4. The molecule has 0 spiro atoms. The van der Waals surface area contributed by atoms with Crippen LogP contribution < -0.4 is 0 Å². The number of hydrogen-bond acceptors (Lipinski definition) is 8. The predicted molar refractivity (Wildman–Crippen MR) is 94.4 cm³/mol. The van der Waals surface area contributed by atoms with Crippen LogP contribution in [0.4, 0.5) is 0 Å². The van der Waals surface area contributed by atoms with E-state index in [2.05, 4.69) is 6.58 Å². The van der Waals surface area contributed by atoms with Crippen LogP contribution in [0.2, 0.25) is 6.04 Å². The molecule has 0 radical (unpaired) electrons. The summed E-state index contributed by atoms with van der Waals surface area (Å²) >= 11 is 0. The Labute approximate surface area is 151 Å². The maximum absolute atomic E-state index is 11.7. The lowest BCUT2D eigenvalue weighted by Crippen LogP contribution is -2.50. The molecule has 1 unspecified atom stereocenters. The van der Waals surface area contributed by atoms with Gasteiger partial charge < -0.3 is 32.2 Å². The van der Waals surface area contributed by atoms with E-state index in [-0.39, 0.29) is 0 Å². The summed E-state index contributed by atoms with van der Waals surface area (Å²) in [4.78, 5) is 11.7. The van der Waals surface area contributed by atoms with Crippen molar-refractivity contribution < 1.29 is 37.0 Å². The molecule has 0 amide bonds. The van der Waals surface area contributed by atoms with Gasteiger partial charge in [-0.05, 0) is 13.8 Å². The molecule has 0 aliphatic carbocycles. The van der Waals surface area contributed by atoms with E-state index in [0.717, 1.165) is 0 Å². The molecular formula is C16H32O8Si. The van der Waals surface area contributed by atoms with Crippen LogP contribution in [0, 0.1) is 0 Å². The largest absolute Gasteiger partial charge is 0.504 e. The van der Waals surface area contributed by atoms with Crippen LogP contribution >= 0.6 is 0 Å². The molecule has 25 heavy (non-hydrogen) atoms. The van der Waals surface area contributed by atoms with E-state index in [0.29, 0.717) is 51.3 Å².